The Bertz CT molecular complexity index is 1820. The summed E-state index contributed by atoms with van der Waals surface area (Å²) in [7, 11) is -1.41. The Morgan fingerprint density at radius 3 is 1.57 bits per heavy atom. The highest BCUT2D eigenvalue weighted by atomic mass is 35.5. The molecule has 2 aliphatic heterocycles. The van der Waals surface area contributed by atoms with E-state index in [1.165, 1.54) is 47.1 Å². The zero-order valence-electron chi connectivity index (χ0n) is 27.3. The number of benzene rings is 4. The summed E-state index contributed by atoms with van der Waals surface area (Å²) >= 11 is 12.2. The van der Waals surface area contributed by atoms with Crippen LogP contribution in [0.2, 0.25) is 29.7 Å². The summed E-state index contributed by atoms with van der Waals surface area (Å²) in [5, 5.41) is 24.8. The molecule has 2 unspecified atom stereocenters. The second-order valence-corrected chi connectivity index (χ2v) is 19.7. The maximum Gasteiger partial charge on any atom is 0.288 e. The van der Waals surface area contributed by atoms with Crippen LogP contribution in [0.4, 0.5) is 31.5 Å². The zero-order valence-corrected chi connectivity index (χ0v) is 29.8. The minimum absolute atomic E-state index is 0.0306. The molecule has 2 fully saturated rings. The standard InChI is InChI=1S/C36H36Cl2F2N4O4Si/c1-49(2,3)27-8-4-22(5-9-27)23-14-16-41(17-15-23)36-30(39)20-26(21-31(36)40)42-32(24-6-10-28(37)34(18-24)43(45)46)12-13-33(42)25-7-11-29(38)35(19-25)44(47)48/h4-11,18-21,23,32-33H,12-17H2,1-3H3. The van der Waals surface area contributed by atoms with Crippen molar-refractivity contribution in [3.05, 3.63) is 131 Å². The molecule has 0 saturated carbocycles. The van der Waals surface area contributed by atoms with Crippen molar-refractivity contribution in [1.29, 1.82) is 0 Å². The molecule has 0 radical (unpaired) electrons. The summed E-state index contributed by atoms with van der Waals surface area (Å²) in [5.74, 6) is -1.14. The lowest BCUT2D eigenvalue weighted by Crippen LogP contribution is -2.37. The molecule has 256 valence electrons. The summed E-state index contributed by atoms with van der Waals surface area (Å²) in [4.78, 5) is 25.8. The number of nitrogens with zero attached hydrogens (tertiary/aromatic N) is 4. The van der Waals surface area contributed by atoms with Gasteiger partial charge in [0.05, 0.1) is 30.0 Å². The Morgan fingerprint density at radius 2 is 1.14 bits per heavy atom. The third-order valence-electron chi connectivity index (χ3n) is 9.85. The summed E-state index contributed by atoms with van der Waals surface area (Å²) < 4.78 is 32.2. The molecule has 4 aromatic rings. The monoisotopic (exact) mass is 724 g/mol. The average molecular weight is 726 g/mol. The third-order valence-corrected chi connectivity index (χ3v) is 12.6. The predicted molar refractivity (Wildman–Crippen MR) is 193 cm³/mol. The van der Waals surface area contributed by atoms with Gasteiger partial charge in [0.25, 0.3) is 11.4 Å². The van der Waals surface area contributed by atoms with Gasteiger partial charge in [0.2, 0.25) is 0 Å². The lowest BCUT2D eigenvalue weighted by Gasteiger charge is -2.36. The van der Waals surface area contributed by atoms with Crippen LogP contribution >= 0.6 is 23.2 Å². The predicted octanol–water partition coefficient (Wildman–Crippen LogP) is 10.1. The van der Waals surface area contributed by atoms with Crippen LogP contribution in [0.5, 0.6) is 0 Å². The molecular formula is C36H36Cl2F2N4O4Si. The van der Waals surface area contributed by atoms with Gasteiger partial charge >= 0.3 is 0 Å². The summed E-state index contributed by atoms with van der Waals surface area (Å²) in [5.41, 5.74) is 1.88. The normalized spacial score (nSPS) is 18.6. The number of anilines is 2. The number of rotatable bonds is 8. The molecule has 0 aromatic heterocycles. The molecule has 6 rings (SSSR count). The van der Waals surface area contributed by atoms with Crippen LogP contribution in [-0.4, -0.2) is 31.0 Å². The lowest BCUT2D eigenvalue weighted by atomic mass is 9.89. The van der Waals surface area contributed by atoms with Crippen molar-refractivity contribution >= 4 is 59.2 Å². The number of hydrogen-bond acceptors (Lipinski definition) is 6. The van der Waals surface area contributed by atoms with E-state index in [-0.39, 0.29) is 32.8 Å². The highest BCUT2D eigenvalue weighted by molar-refractivity contribution is 6.88. The van der Waals surface area contributed by atoms with E-state index in [1.807, 2.05) is 0 Å². The van der Waals surface area contributed by atoms with Gasteiger partial charge in [-0.25, -0.2) is 8.78 Å². The van der Waals surface area contributed by atoms with Crippen molar-refractivity contribution in [2.75, 3.05) is 22.9 Å². The van der Waals surface area contributed by atoms with Gasteiger partial charge in [-0.15, -0.1) is 0 Å². The molecule has 0 bridgehead atoms. The lowest BCUT2D eigenvalue weighted by molar-refractivity contribution is -0.384. The Kier molecular flexibility index (Phi) is 9.72. The average Bonchev–Trinajstić information content (AvgIpc) is 3.50. The van der Waals surface area contributed by atoms with E-state index in [0.29, 0.717) is 43.0 Å². The molecule has 49 heavy (non-hydrogen) atoms. The van der Waals surface area contributed by atoms with Gasteiger partial charge in [0, 0.05) is 30.9 Å². The van der Waals surface area contributed by atoms with Crippen molar-refractivity contribution in [1.82, 2.24) is 0 Å². The molecule has 2 saturated heterocycles. The fourth-order valence-corrected chi connectivity index (χ4v) is 8.81. The smallest absolute Gasteiger partial charge is 0.288 e. The van der Waals surface area contributed by atoms with E-state index in [0.717, 1.165) is 12.8 Å². The van der Waals surface area contributed by atoms with Crippen molar-refractivity contribution in [3.8, 4) is 0 Å². The van der Waals surface area contributed by atoms with Crippen LogP contribution in [0.15, 0.2) is 72.8 Å². The minimum atomic E-state index is -1.41. The number of nitro groups is 2. The van der Waals surface area contributed by atoms with Gasteiger partial charge in [-0.3, -0.25) is 20.2 Å². The largest absolute Gasteiger partial charge is 0.367 e. The number of hydrogen-bond donors (Lipinski definition) is 0. The fraction of sp³-hybridized carbons (Fsp3) is 0.333. The van der Waals surface area contributed by atoms with Gasteiger partial charge < -0.3 is 9.80 Å². The van der Waals surface area contributed by atoms with E-state index in [9.17, 15) is 20.2 Å². The highest BCUT2D eigenvalue weighted by Crippen LogP contribution is 2.49. The SMILES string of the molecule is C[Si](C)(C)c1ccc(C2CCN(c3c(F)cc(N4C(c5ccc(Cl)c([N+](=O)[O-])c5)CCC4c4ccc(Cl)c([N+](=O)[O-])c4)cc3F)CC2)cc1. The van der Waals surface area contributed by atoms with Crippen LogP contribution in [-0.2, 0) is 0 Å². The molecule has 13 heteroatoms. The molecule has 0 aliphatic carbocycles. The quantitative estimate of drug-likeness (QED) is 0.102. The Hall–Kier alpha value is -4.06. The molecule has 2 aliphatic rings. The first-order chi connectivity index (χ1) is 23.2. The van der Waals surface area contributed by atoms with Crippen molar-refractivity contribution in [2.24, 2.45) is 0 Å². The Balaban J connectivity index is 1.32. The van der Waals surface area contributed by atoms with Gasteiger partial charge in [-0.05, 0) is 72.6 Å². The van der Waals surface area contributed by atoms with Crippen LogP contribution in [0.3, 0.4) is 0 Å². The molecule has 2 atom stereocenters. The van der Waals surface area contributed by atoms with Gasteiger partial charge in [0.15, 0.2) is 11.6 Å². The van der Waals surface area contributed by atoms with E-state index >= 15 is 8.78 Å². The second kappa shape index (κ2) is 13.7. The molecule has 8 nitrogen and oxygen atoms in total. The fourth-order valence-electron chi connectivity index (χ4n) is 7.27. The van der Waals surface area contributed by atoms with Crippen LogP contribution in [0.1, 0.15) is 60.4 Å². The number of nitro benzene ring substituents is 2. The molecular weight excluding hydrogens is 689 g/mol. The minimum Gasteiger partial charge on any atom is -0.367 e. The highest BCUT2D eigenvalue weighted by Gasteiger charge is 2.38. The maximum absolute atomic E-state index is 16.1. The van der Waals surface area contributed by atoms with Crippen molar-refractivity contribution in [3.63, 3.8) is 0 Å². The summed E-state index contributed by atoms with van der Waals surface area (Å²) in [6, 6.07) is 19.2. The summed E-state index contributed by atoms with van der Waals surface area (Å²) in [6.45, 7) is 7.92. The first-order valence-electron chi connectivity index (χ1n) is 16.2. The van der Waals surface area contributed by atoms with Crippen molar-refractivity contribution in [2.45, 2.75) is 63.3 Å². The van der Waals surface area contributed by atoms with E-state index in [2.05, 4.69) is 43.9 Å². The van der Waals surface area contributed by atoms with E-state index in [4.69, 9.17) is 23.2 Å². The molecule has 2 heterocycles. The molecule has 0 spiro atoms. The molecule has 0 amide bonds. The topological polar surface area (TPSA) is 92.8 Å². The third kappa shape index (κ3) is 7.02. The van der Waals surface area contributed by atoms with Gasteiger partial charge in [-0.1, -0.05) is 84.4 Å². The number of halogens is 4. The van der Waals surface area contributed by atoms with E-state index in [1.54, 1.807) is 21.9 Å². The summed E-state index contributed by atoms with van der Waals surface area (Å²) in [6.07, 6.45) is 2.43. The van der Waals surface area contributed by atoms with E-state index < -0.39 is 41.6 Å². The maximum atomic E-state index is 16.1. The van der Waals surface area contributed by atoms with Crippen molar-refractivity contribution < 1.29 is 18.6 Å². The van der Waals surface area contributed by atoms with Crippen LogP contribution < -0.4 is 15.0 Å². The van der Waals surface area contributed by atoms with Gasteiger partial charge in [0.1, 0.15) is 15.7 Å². The Labute approximate surface area is 294 Å². The van der Waals surface area contributed by atoms with Crippen LogP contribution in [0.25, 0.3) is 0 Å². The molecule has 4 aromatic carbocycles. The first-order valence-corrected chi connectivity index (χ1v) is 20.5. The first kappa shape index (κ1) is 34.8. The zero-order chi connectivity index (χ0) is 35.2. The Morgan fingerprint density at radius 1 is 0.694 bits per heavy atom. The number of piperidine rings is 1. The van der Waals surface area contributed by atoms with Crippen LogP contribution in [0, 0.1) is 31.9 Å². The molecule has 0 N–H and O–H groups in total. The van der Waals surface area contributed by atoms with Gasteiger partial charge in [-0.2, -0.15) is 0 Å². The second-order valence-electron chi connectivity index (χ2n) is 13.8.